The zero-order chi connectivity index (χ0) is 19.9. The third-order valence-electron chi connectivity index (χ3n) is 4.31. The van der Waals surface area contributed by atoms with Crippen molar-refractivity contribution in [3.8, 4) is 10.6 Å². The Morgan fingerprint density at radius 1 is 1.11 bits per heavy atom. The molecule has 4 rings (SSSR count). The first kappa shape index (κ1) is 19.5. The Balaban J connectivity index is 1.82. The summed E-state index contributed by atoms with van der Waals surface area (Å²) in [4.78, 5) is 4.09. The molecule has 28 heavy (non-hydrogen) atoms. The molecule has 1 aliphatic carbocycles. The standard InChI is InChI=1S/C19H15F2NO3S3/c20-14-6-8-16(9-7-14)28(24,25)18-19(27(23)11-12-4-5-12)26-17(22-18)13-2-1-3-15(21)10-13/h1-3,6-10,12H,4-5,11H2. The molecule has 1 saturated carbocycles. The Morgan fingerprint density at radius 2 is 1.82 bits per heavy atom. The third kappa shape index (κ3) is 3.98. The van der Waals surface area contributed by atoms with Crippen LogP contribution < -0.4 is 0 Å². The molecule has 0 aliphatic heterocycles. The molecule has 0 spiro atoms. The predicted octanol–water partition coefficient (Wildman–Crippen LogP) is 4.44. The average molecular weight is 440 g/mol. The van der Waals surface area contributed by atoms with Gasteiger partial charge in [0.2, 0.25) is 19.1 Å². The molecule has 0 amide bonds. The highest BCUT2D eigenvalue weighted by Gasteiger charge is 2.36. The first-order chi connectivity index (χ1) is 13.3. The van der Waals surface area contributed by atoms with E-state index in [4.69, 9.17) is 0 Å². The van der Waals surface area contributed by atoms with Crippen molar-refractivity contribution in [3.63, 3.8) is 0 Å². The van der Waals surface area contributed by atoms with E-state index < -0.39 is 32.6 Å². The fourth-order valence-electron chi connectivity index (χ4n) is 2.65. The molecule has 3 aromatic rings. The van der Waals surface area contributed by atoms with Crippen LogP contribution in [0.5, 0.6) is 0 Å². The number of benzene rings is 2. The summed E-state index contributed by atoms with van der Waals surface area (Å²) in [5.74, 6) is -0.343. The lowest BCUT2D eigenvalue weighted by Crippen LogP contribution is -2.12. The second-order valence-electron chi connectivity index (χ2n) is 6.53. The summed E-state index contributed by atoms with van der Waals surface area (Å²) in [6.07, 6.45) is 1.95. The summed E-state index contributed by atoms with van der Waals surface area (Å²) in [6.45, 7) is 0. The third-order valence-corrected chi connectivity index (χ3v) is 9.35. The molecule has 0 N–H and O–H groups in total. The normalized spacial score (nSPS) is 15.5. The van der Waals surface area contributed by atoms with Crippen molar-refractivity contribution in [2.24, 2.45) is 5.92 Å². The maximum Gasteiger partial charge on any atom is 0.246 e. The van der Waals surface area contributed by atoms with Crippen molar-refractivity contribution in [3.05, 3.63) is 60.2 Å². The van der Waals surface area contributed by atoms with Gasteiger partial charge in [-0.2, -0.15) is 0 Å². The minimum absolute atomic E-state index is 0.130. The van der Waals surface area contributed by atoms with Crippen molar-refractivity contribution in [1.82, 2.24) is 4.98 Å². The maximum atomic E-state index is 13.6. The summed E-state index contributed by atoms with van der Waals surface area (Å²) in [5.41, 5.74) is 0.412. The smallest absolute Gasteiger partial charge is 0.246 e. The van der Waals surface area contributed by atoms with Gasteiger partial charge in [0, 0.05) is 11.5 Å². The zero-order valence-corrected chi connectivity index (χ0v) is 16.9. The van der Waals surface area contributed by atoms with E-state index in [1.165, 1.54) is 18.2 Å². The lowest BCUT2D eigenvalue weighted by molar-refractivity contribution is 0.579. The van der Waals surface area contributed by atoms with E-state index in [1.807, 2.05) is 0 Å². The topological polar surface area (TPSA) is 70.1 Å². The molecule has 2 aromatic carbocycles. The zero-order valence-electron chi connectivity index (χ0n) is 14.5. The number of hydrogen-bond acceptors (Lipinski definition) is 5. The molecule has 0 bridgehead atoms. The van der Waals surface area contributed by atoms with Gasteiger partial charge in [-0.1, -0.05) is 23.5 Å². The molecule has 1 aliphatic rings. The lowest BCUT2D eigenvalue weighted by atomic mass is 10.2. The van der Waals surface area contributed by atoms with Gasteiger partial charge >= 0.3 is 0 Å². The molecule has 1 fully saturated rings. The highest BCUT2D eigenvalue weighted by Crippen LogP contribution is 2.40. The number of aromatic nitrogens is 1. The molecule has 0 saturated heterocycles. The Kier molecular flexibility index (Phi) is 5.26. The van der Waals surface area contributed by atoms with Crippen molar-refractivity contribution >= 4 is 32.3 Å². The summed E-state index contributed by atoms with van der Waals surface area (Å²) >= 11 is -0.544. The first-order valence-corrected chi connectivity index (χ1v) is 12.1. The quantitative estimate of drug-likeness (QED) is 0.421. The fourth-order valence-corrected chi connectivity index (χ4v) is 7.58. The minimum Gasteiger partial charge on any atom is -0.611 e. The molecular formula is C19H15F2NO3S3. The van der Waals surface area contributed by atoms with Crippen molar-refractivity contribution in [1.29, 1.82) is 0 Å². The second-order valence-corrected chi connectivity index (χ2v) is 11.1. The van der Waals surface area contributed by atoms with E-state index in [0.717, 1.165) is 48.4 Å². The van der Waals surface area contributed by atoms with Crippen LogP contribution in [0.3, 0.4) is 0 Å². The number of nitrogens with zero attached hydrogens (tertiary/aromatic N) is 1. The van der Waals surface area contributed by atoms with Crippen LogP contribution in [0.15, 0.2) is 62.7 Å². The van der Waals surface area contributed by atoms with Gasteiger partial charge in [0.15, 0.2) is 0 Å². The van der Waals surface area contributed by atoms with Crippen molar-refractivity contribution in [2.75, 3.05) is 5.75 Å². The van der Waals surface area contributed by atoms with Crippen LogP contribution in [0.25, 0.3) is 10.6 Å². The van der Waals surface area contributed by atoms with Crippen LogP contribution in [0.4, 0.5) is 8.78 Å². The largest absolute Gasteiger partial charge is 0.611 e. The van der Waals surface area contributed by atoms with Crippen LogP contribution >= 0.6 is 11.3 Å². The SMILES string of the molecule is O=S(=O)(c1ccc(F)cc1)c1nc(-c2cccc(F)c2)sc1[S+]([O-])CC1CC1. The number of hydrogen-bond donors (Lipinski definition) is 0. The van der Waals surface area contributed by atoms with Crippen molar-refractivity contribution in [2.45, 2.75) is 27.0 Å². The number of thiazole rings is 1. The second kappa shape index (κ2) is 7.55. The predicted molar refractivity (Wildman–Crippen MR) is 103 cm³/mol. The number of halogens is 2. The van der Waals surface area contributed by atoms with E-state index in [9.17, 15) is 21.8 Å². The van der Waals surface area contributed by atoms with Gasteiger partial charge in [-0.15, -0.1) is 0 Å². The Labute approximate surface area is 168 Å². The molecule has 0 radical (unpaired) electrons. The van der Waals surface area contributed by atoms with Gasteiger partial charge in [-0.3, -0.25) is 0 Å². The summed E-state index contributed by atoms with van der Waals surface area (Å²) in [6, 6.07) is 10.0. The monoisotopic (exact) mass is 439 g/mol. The molecule has 146 valence electrons. The van der Waals surface area contributed by atoms with Crippen LogP contribution in [0.1, 0.15) is 12.8 Å². The molecule has 1 heterocycles. The summed E-state index contributed by atoms with van der Waals surface area (Å²) in [5, 5.41) is -0.0262. The first-order valence-electron chi connectivity index (χ1n) is 8.50. The molecule has 1 atom stereocenters. The number of sulfone groups is 1. The Hall–Kier alpha value is -1.81. The highest BCUT2D eigenvalue weighted by molar-refractivity contribution is 7.96. The van der Waals surface area contributed by atoms with E-state index in [0.29, 0.717) is 17.2 Å². The highest BCUT2D eigenvalue weighted by atomic mass is 32.2. The fraction of sp³-hybridized carbons (Fsp3) is 0.211. The molecule has 9 heteroatoms. The summed E-state index contributed by atoms with van der Waals surface area (Å²) in [7, 11) is -4.10. The van der Waals surface area contributed by atoms with Gasteiger partial charge in [0.05, 0.1) is 4.90 Å². The Bertz CT molecular complexity index is 1110. The van der Waals surface area contributed by atoms with E-state index in [-0.39, 0.29) is 19.1 Å². The van der Waals surface area contributed by atoms with E-state index in [2.05, 4.69) is 4.98 Å². The molecular weight excluding hydrogens is 424 g/mol. The minimum atomic E-state index is -4.10. The Morgan fingerprint density at radius 3 is 2.46 bits per heavy atom. The molecule has 1 aromatic heterocycles. The van der Waals surface area contributed by atoms with E-state index in [1.54, 1.807) is 6.07 Å². The van der Waals surface area contributed by atoms with Gasteiger partial charge in [0.25, 0.3) is 0 Å². The summed E-state index contributed by atoms with van der Waals surface area (Å²) < 4.78 is 66.0. The van der Waals surface area contributed by atoms with Gasteiger partial charge < -0.3 is 4.55 Å². The molecule has 4 nitrogen and oxygen atoms in total. The van der Waals surface area contributed by atoms with Gasteiger partial charge in [0.1, 0.15) is 22.4 Å². The van der Waals surface area contributed by atoms with Crippen LogP contribution in [-0.4, -0.2) is 23.7 Å². The van der Waals surface area contributed by atoms with Gasteiger partial charge in [-0.05, 0) is 60.4 Å². The number of rotatable bonds is 6. The van der Waals surface area contributed by atoms with Crippen molar-refractivity contribution < 1.29 is 21.8 Å². The molecule has 1 unspecified atom stereocenters. The van der Waals surface area contributed by atoms with E-state index >= 15 is 0 Å². The van der Waals surface area contributed by atoms with Crippen LogP contribution in [0.2, 0.25) is 0 Å². The van der Waals surface area contributed by atoms with Crippen LogP contribution in [-0.2, 0) is 21.0 Å². The van der Waals surface area contributed by atoms with Gasteiger partial charge in [-0.25, -0.2) is 22.2 Å². The average Bonchev–Trinajstić information content (AvgIpc) is 3.35. The van der Waals surface area contributed by atoms with Crippen LogP contribution in [0, 0.1) is 17.6 Å². The maximum absolute atomic E-state index is 13.6. The lowest BCUT2D eigenvalue weighted by Gasteiger charge is -2.09.